The monoisotopic (exact) mass is 263 g/mol. The molecule has 0 saturated carbocycles. The standard InChI is InChI=1S/C13H13NO3S/c14-12-9-11(6-7-13(12)18(15,16)17)8-10-4-2-1-3-5-10/h1-7,9H,8,14H2,(H,15,16,17). The highest BCUT2D eigenvalue weighted by molar-refractivity contribution is 7.86. The number of benzene rings is 2. The quantitative estimate of drug-likeness (QED) is 0.656. The molecule has 0 spiro atoms. The van der Waals surface area contributed by atoms with Crippen LogP contribution in [0.1, 0.15) is 11.1 Å². The average Bonchev–Trinajstić information content (AvgIpc) is 2.28. The number of hydrogen-bond donors (Lipinski definition) is 2. The smallest absolute Gasteiger partial charge is 0.296 e. The van der Waals surface area contributed by atoms with E-state index in [0.717, 1.165) is 11.1 Å². The highest BCUT2D eigenvalue weighted by Crippen LogP contribution is 2.21. The van der Waals surface area contributed by atoms with Crippen LogP contribution in [0, 0.1) is 0 Å². The molecule has 94 valence electrons. The van der Waals surface area contributed by atoms with E-state index in [1.807, 2.05) is 30.3 Å². The maximum Gasteiger partial charge on any atom is 0.296 e. The first-order valence-corrected chi connectivity index (χ1v) is 6.80. The van der Waals surface area contributed by atoms with E-state index >= 15 is 0 Å². The van der Waals surface area contributed by atoms with Crippen molar-refractivity contribution in [3.05, 3.63) is 59.7 Å². The van der Waals surface area contributed by atoms with Gasteiger partial charge in [-0.05, 0) is 29.7 Å². The number of nitrogen functional groups attached to an aromatic ring is 1. The molecule has 0 saturated heterocycles. The average molecular weight is 263 g/mol. The lowest BCUT2D eigenvalue weighted by atomic mass is 10.0. The van der Waals surface area contributed by atoms with E-state index in [1.165, 1.54) is 6.07 Å². The van der Waals surface area contributed by atoms with Crippen molar-refractivity contribution in [1.29, 1.82) is 0 Å². The Kier molecular flexibility index (Phi) is 3.36. The van der Waals surface area contributed by atoms with Gasteiger partial charge in [0.05, 0.1) is 5.69 Å². The van der Waals surface area contributed by atoms with Crippen LogP contribution < -0.4 is 5.73 Å². The van der Waals surface area contributed by atoms with Gasteiger partial charge >= 0.3 is 0 Å². The van der Waals surface area contributed by atoms with Crippen LogP contribution in [0.25, 0.3) is 0 Å². The van der Waals surface area contributed by atoms with Crippen LogP contribution in [0.15, 0.2) is 53.4 Å². The normalized spacial score (nSPS) is 11.4. The lowest BCUT2D eigenvalue weighted by Gasteiger charge is -2.06. The molecule has 0 bridgehead atoms. The van der Waals surface area contributed by atoms with E-state index in [-0.39, 0.29) is 10.6 Å². The van der Waals surface area contributed by atoms with Crippen molar-refractivity contribution in [2.45, 2.75) is 11.3 Å². The largest absolute Gasteiger partial charge is 0.398 e. The Labute approximate surface area is 106 Å². The van der Waals surface area contributed by atoms with Gasteiger partial charge in [0, 0.05) is 0 Å². The second-order valence-corrected chi connectivity index (χ2v) is 5.40. The summed E-state index contributed by atoms with van der Waals surface area (Å²) < 4.78 is 30.9. The SMILES string of the molecule is Nc1cc(Cc2ccccc2)ccc1S(=O)(=O)O. The maximum atomic E-state index is 11.0. The number of hydrogen-bond acceptors (Lipinski definition) is 3. The van der Waals surface area contributed by atoms with Crippen molar-refractivity contribution in [2.24, 2.45) is 0 Å². The summed E-state index contributed by atoms with van der Waals surface area (Å²) in [5.41, 5.74) is 7.69. The summed E-state index contributed by atoms with van der Waals surface area (Å²) in [5.74, 6) is 0. The highest BCUT2D eigenvalue weighted by atomic mass is 32.2. The Hall–Kier alpha value is -1.85. The molecule has 2 rings (SSSR count). The summed E-state index contributed by atoms with van der Waals surface area (Å²) in [5, 5.41) is 0. The molecule has 0 unspecified atom stereocenters. The van der Waals surface area contributed by atoms with Crippen LogP contribution in [0.4, 0.5) is 5.69 Å². The molecule has 0 radical (unpaired) electrons. The fourth-order valence-electron chi connectivity index (χ4n) is 1.77. The lowest BCUT2D eigenvalue weighted by molar-refractivity contribution is 0.483. The third kappa shape index (κ3) is 2.88. The first kappa shape index (κ1) is 12.6. The Bertz CT molecular complexity index is 651. The van der Waals surface area contributed by atoms with Gasteiger partial charge in [-0.15, -0.1) is 0 Å². The molecule has 0 heterocycles. The first-order chi connectivity index (χ1) is 8.47. The zero-order valence-electron chi connectivity index (χ0n) is 9.58. The van der Waals surface area contributed by atoms with E-state index in [9.17, 15) is 8.42 Å². The second kappa shape index (κ2) is 4.80. The van der Waals surface area contributed by atoms with Gasteiger partial charge in [0.25, 0.3) is 10.1 Å². The van der Waals surface area contributed by atoms with Gasteiger partial charge in [-0.2, -0.15) is 8.42 Å². The van der Waals surface area contributed by atoms with Crippen LogP contribution in [-0.4, -0.2) is 13.0 Å². The van der Waals surface area contributed by atoms with Crippen LogP contribution in [0.5, 0.6) is 0 Å². The predicted octanol–water partition coefficient (Wildman–Crippen LogP) is 2.11. The Morgan fingerprint density at radius 3 is 2.22 bits per heavy atom. The summed E-state index contributed by atoms with van der Waals surface area (Å²) in [6.07, 6.45) is 0.663. The molecule has 18 heavy (non-hydrogen) atoms. The zero-order chi connectivity index (χ0) is 13.2. The number of nitrogens with two attached hydrogens (primary N) is 1. The van der Waals surface area contributed by atoms with Crippen LogP contribution in [-0.2, 0) is 16.5 Å². The lowest BCUT2D eigenvalue weighted by Crippen LogP contribution is -2.03. The van der Waals surface area contributed by atoms with Gasteiger partial charge < -0.3 is 5.73 Å². The summed E-state index contributed by atoms with van der Waals surface area (Å²) >= 11 is 0. The molecule has 0 fully saturated rings. The van der Waals surface area contributed by atoms with Gasteiger partial charge in [0.15, 0.2) is 0 Å². The Morgan fingerprint density at radius 2 is 1.67 bits per heavy atom. The van der Waals surface area contributed by atoms with Crippen molar-refractivity contribution in [3.8, 4) is 0 Å². The molecular weight excluding hydrogens is 250 g/mol. The highest BCUT2D eigenvalue weighted by Gasteiger charge is 2.13. The van der Waals surface area contributed by atoms with Gasteiger partial charge in [0.2, 0.25) is 0 Å². The van der Waals surface area contributed by atoms with Crippen LogP contribution >= 0.6 is 0 Å². The first-order valence-electron chi connectivity index (χ1n) is 5.36. The third-order valence-electron chi connectivity index (χ3n) is 2.60. The number of anilines is 1. The van der Waals surface area contributed by atoms with Crippen molar-refractivity contribution in [1.82, 2.24) is 0 Å². The van der Waals surface area contributed by atoms with Gasteiger partial charge in [-0.3, -0.25) is 4.55 Å². The molecule has 0 aliphatic heterocycles. The van der Waals surface area contributed by atoms with E-state index in [2.05, 4.69) is 0 Å². The van der Waals surface area contributed by atoms with E-state index in [0.29, 0.717) is 6.42 Å². The minimum Gasteiger partial charge on any atom is -0.398 e. The molecular formula is C13H13NO3S. The molecule has 0 aliphatic carbocycles. The minimum atomic E-state index is -4.25. The molecule has 5 heteroatoms. The topological polar surface area (TPSA) is 80.4 Å². The van der Waals surface area contributed by atoms with Crippen LogP contribution in [0.2, 0.25) is 0 Å². The van der Waals surface area contributed by atoms with E-state index in [4.69, 9.17) is 10.3 Å². The molecule has 3 N–H and O–H groups in total. The summed E-state index contributed by atoms with van der Waals surface area (Å²) in [4.78, 5) is -0.251. The molecule has 2 aromatic carbocycles. The van der Waals surface area contributed by atoms with Crippen LogP contribution in [0.3, 0.4) is 0 Å². The summed E-state index contributed by atoms with van der Waals surface area (Å²) in [6, 6.07) is 14.3. The third-order valence-corrected chi connectivity index (χ3v) is 3.53. The number of rotatable bonds is 3. The maximum absolute atomic E-state index is 11.0. The molecule has 0 aromatic heterocycles. The van der Waals surface area contributed by atoms with E-state index < -0.39 is 10.1 Å². The molecule has 2 aromatic rings. The molecule has 0 atom stereocenters. The van der Waals surface area contributed by atoms with Crippen molar-refractivity contribution < 1.29 is 13.0 Å². The van der Waals surface area contributed by atoms with Gasteiger partial charge in [0.1, 0.15) is 4.90 Å². The van der Waals surface area contributed by atoms with Crippen molar-refractivity contribution in [2.75, 3.05) is 5.73 Å². The van der Waals surface area contributed by atoms with Gasteiger partial charge in [-0.1, -0.05) is 36.4 Å². The second-order valence-electron chi connectivity index (χ2n) is 4.01. The van der Waals surface area contributed by atoms with E-state index in [1.54, 1.807) is 12.1 Å². The predicted molar refractivity (Wildman–Crippen MR) is 69.9 cm³/mol. The fourth-order valence-corrected chi connectivity index (χ4v) is 2.37. The zero-order valence-corrected chi connectivity index (χ0v) is 10.4. The fraction of sp³-hybridized carbons (Fsp3) is 0.0769. The Morgan fingerprint density at radius 1 is 1.00 bits per heavy atom. The summed E-state index contributed by atoms with van der Waals surface area (Å²) in [7, 11) is -4.25. The summed E-state index contributed by atoms with van der Waals surface area (Å²) in [6.45, 7) is 0. The minimum absolute atomic E-state index is 0.0610. The molecule has 4 nitrogen and oxygen atoms in total. The van der Waals surface area contributed by atoms with Crippen molar-refractivity contribution >= 4 is 15.8 Å². The Balaban J connectivity index is 2.30. The van der Waals surface area contributed by atoms with Crippen molar-refractivity contribution in [3.63, 3.8) is 0 Å². The van der Waals surface area contributed by atoms with Gasteiger partial charge in [-0.25, -0.2) is 0 Å². The molecule has 0 aliphatic rings. The molecule has 0 amide bonds.